The van der Waals surface area contributed by atoms with Crippen molar-refractivity contribution in [2.24, 2.45) is 0 Å². The maximum absolute atomic E-state index is 11.6. The Kier molecular flexibility index (Phi) is 2.83. The second kappa shape index (κ2) is 4.14. The van der Waals surface area contributed by atoms with E-state index < -0.39 is 11.7 Å². The van der Waals surface area contributed by atoms with Gasteiger partial charge < -0.3 is 14.3 Å². The molecule has 2 rings (SSSR count). The first-order valence-corrected chi connectivity index (χ1v) is 5.27. The molecular formula is C12H14O4. The van der Waals surface area contributed by atoms with E-state index in [2.05, 4.69) is 0 Å². The molecule has 2 heterocycles. The van der Waals surface area contributed by atoms with Crippen LogP contribution >= 0.6 is 0 Å². The summed E-state index contributed by atoms with van der Waals surface area (Å²) >= 11 is 0. The summed E-state index contributed by atoms with van der Waals surface area (Å²) in [5, 5.41) is 9.78. The minimum absolute atomic E-state index is 0.0947. The van der Waals surface area contributed by atoms with Gasteiger partial charge in [0.25, 0.3) is 0 Å². The van der Waals surface area contributed by atoms with Crippen LogP contribution in [0.15, 0.2) is 21.4 Å². The summed E-state index contributed by atoms with van der Waals surface area (Å²) in [4.78, 5) is 11.6. The fraction of sp³-hybridized carbons (Fsp3) is 0.417. The maximum Gasteiger partial charge on any atom is 0.345 e. The lowest BCUT2D eigenvalue weighted by atomic mass is 10.0. The van der Waals surface area contributed by atoms with Crippen molar-refractivity contribution in [1.29, 1.82) is 0 Å². The highest BCUT2D eigenvalue weighted by molar-refractivity contribution is 5.47. The van der Waals surface area contributed by atoms with Crippen LogP contribution in [0.4, 0.5) is 0 Å². The molecule has 4 heteroatoms. The van der Waals surface area contributed by atoms with Gasteiger partial charge in [-0.15, -0.1) is 0 Å². The first-order chi connectivity index (χ1) is 7.61. The second-order valence-electron chi connectivity index (χ2n) is 3.89. The molecule has 16 heavy (non-hydrogen) atoms. The van der Waals surface area contributed by atoms with Gasteiger partial charge in [0.05, 0.1) is 12.2 Å². The molecule has 0 bridgehead atoms. The first kappa shape index (κ1) is 11.0. The van der Waals surface area contributed by atoms with Crippen LogP contribution in [0.3, 0.4) is 0 Å². The highest BCUT2D eigenvalue weighted by Crippen LogP contribution is 2.32. The summed E-state index contributed by atoms with van der Waals surface area (Å²) in [6, 6.07) is 1.63. The van der Waals surface area contributed by atoms with Crippen molar-refractivity contribution in [3.8, 4) is 5.75 Å². The highest BCUT2D eigenvalue weighted by atomic mass is 16.5. The second-order valence-corrected chi connectivity index (χ2v) is 3.89. The fourth-order valence-corrected chi connectivity index (χ4v) is 1.84. The van der Waals surface area contributed by atoms with Gasteiger partial charge in [0.2, 0.25) is 0 Å². The molecule has 1 aliphatic rings. The Morgan fingerprint density at radius 1 is 1.56 bits per heavy atom. The molecule has 0 radical (unpaired) electrons. The van der Waals surface area contributed by atoms with Gasteiger partial charge in [0, 0.05) is 12.5 Å². The third-order valence-corrected chi connectivity index (χ3v) is 2.52. The number of aliphatic hydroxyl groups is 1. The molecule has 86 valence electrons. The van der Waals surface area contributed by atoms with Gasteiger partial charge >= 0.3 is 5.63 Å². The van der Waals surface area contributed by atoms with E-state index in [-0.39, 0.29) is 11.7 Å². The molecule has 0 aromatic carbocycles. The zero-order valence-corrected chi connectivity index (χ0v) is 9.27. The average Bonchev–Trinajstić information content (AvgIpc) is 2.15. The lowest BCUT2D eigenvalue weighted by Gasteiger charge is -2.26. The van der Waals surface area contributed by atoms with Crippen molar-refractivity contribution in [3.63, 3.8) is 0 Å². The maximum atomic E-state index is 11.6. The van der Waals surface area contributed by atoms with Crippen LogP contribution in [0.25, 0.3) is 6.08 Å². The zero-order chi connectivity index (χ0) is 11.7. The van der Waals surface area contributed by atoms with Gasteiger partial charge in [-0.05, 0) is 19.9 Å². The Hall–Kier alpha value is -1.55. The SMILES string of the molecule is C/C=C/c1cc2c(c(=O)o1)[C@H](O)C[C@H](C)O2. The van der Waals surface area contributed by atoms with Crippen LogP contribution in [0.2, 0.25) is 0 Å². The van der Waals surface area contributed by atoms with E-state index in [1.165, 1.54) is 0 Å². The fourth-order valence-electron chi connectivity index (χ4n) is 1.84. The predicted octanol–water partition coefficient (Wildman–Crippen LogP) is 1.88. The summed E-state index contributed by atoms with van der Waals surface area (Å²) in [6.45, 7) is 3.69. The van der Waals surface area contributed by atoms with E-state index >= 15 is 0 Å². The number of rotatable bonds is 1. The number of hydrogen-bond donors (Lipinski definition) is 1. The van der Waals surface area contributed by atoms with Crippen molar-refractivity contribution in [3.05, 3.63) is 33.9 Å². The smallest absolute Gasteiger partial charge is 0.345 e. The molecule has 2 atom stereocenters. The standard InChI is InChI=1S/C12H14O4/c1-3-4-8-6-10-11(12(14)16-8)9(13)5-7(2)15-10/h3-4,6-7,9,13H,5H2,1-2H3/b4-3+/t7-,9+/m0/s1. The summed E-state index contributed by atoms with van der Waals surface area (Å²) in [5.41, 5.74) is -0.295. The summed E-state index contributed by atoms with van der Waals surface area (Å²) in [6.07, 6.45) is 2.97. The van der Waals surface area contributed by atoms with Gasteiger partial charge in [0.1, 0.15) is 17.1 Å². The van der Waals surface area contributed by atoms with Crippen LogP contribution in [0, 0.1) is 0 Å². The van der Waals surface area contributed by atoms with E-state index in [0.29, 0.717) is 17.9 Å². The molecule has 0 fully saturated rings. The largest absolute Gasteiger partial charge is 0.490 e. The number of hydrogen-bond acceptors (Lipinski definition) is 4. The van der Waals surface area contributed by atoms with Gasteiger partial charge in [0.15, 0.2) is 0 Å². The quantitative estimate of drug-likeness (QED) is 0.788. The topological polar surface area (TPSA) is 59.7 Å². The zero-order valence-electron chi connectivity index (χ0n) is 9.27. The monoisotopic (exact) mass is 222 g/mol. The van der Waals surface area contributed by atoms with Crippen molar-refractivity contribution < 1.29 is 14.3 Å². The van der Waals surface area contributed by atoms with E-state index in [1.54, 1.807) is 18.2 Å². The minimum atomic E-state index is -0.797. The van der Waals surface area contributed by atoms with Crippen molar-refractivity contribution in [2.75, 3.05) is 0 Å². The van der Waals surface area contributed by atoms with Gasteiger partial charge in [-0.1, -0.05) is 6.08 Å². The first-order valence-electron chi connectivity index (χ1n) is 5.27. The molecule has 0 spiro atoms. The molecule has 1 aliphatic heterocycles. The summed E-state index contributed by atoms with van der Waals surface area (Å²) in [7, 11) is 0. The molecular weight excluding hydrogens is 208 g/mol. The third kappa shape index (κ3) is 1.88. The summed E-state index contributed by atoms with van der Waals surface area (Å²) in [5.74, 6) is 0.864. The lowest BCUT2D eigenvalue weighted by molar-refractivity contribution is 0.0704. The van der Waals surface area contributed by atoms with Gasteiger partial charge in [-0.25, -0.2) is 4.79 Å². The van der Waals surface area contributed by atoms with Crippen LogP contribution in [0.1, 0.15) is 37.7 Å². The van der Waals surface area contributed by atoms with Crippen LogP contribution in [-0.2, 0) is 0 Å². The molecule has 0 amide bonds. The molecule has 1 N–H and O–H groups in total. The van der Waals surface area contributed by atoms with E-state index in [4.69, 9.17) is 9.15 Å². The Morgan fingerprint density at radius 3 is 3.00 bits per heavy atom. The molecule has 1 aromatic rings. The number of aliphatic hydroxyl groups excluding tert-OH is 1. The van der Waals surface area contributed by atoms with Crippen molar-refractivity contribution >= 4 is 6.08 Å². The molecule has 0 saturated carbocycles. The van der Waals surface area contributed by atoms with E-state index in [1.807, 2.05) is 13.8 Å². The third-order valence-electron chi connectivity index (χ3n) is 2.52. The van der Waals surface area contributed by atoms with Gasteiger partial charge in [-0.2, -0.15) is 0 Å². The lowest BCUT2D eigenvalue weighted by Crippen LogP contribution is -2.27. The number of allylic oxidation sites excluding steroid dienone is 1. The van der Waals surface area contributed by atoms with Gasteiger partial charge in [-0.3, -0.25) is 0 Å². The Morgan fingerprint density at radius 2 is 2.31 bits per heavy atom. The molecule has 4 nitrogen and oxygen atoms in total. The van der Waals surface area contributed by atoms with Crippen molar-refractivity contribution in [2.45, 2.75) is 32.5 Å². The normalized spacial score (nSPS) is 24.2. The van der Waals surface area contributed by atoms with E-state index in [0.717, 1.165) is 0 Å². The molecule has 0 saturated heterocycles. The van der Waals surface area contributed by atoms with Crippen LogP contribution in [-0.4, -0.2) is 11.2 Å². The molecule has 0 aliphatic carbocycles. The predicted molar refractivity (Wildman–Crippen MR) is 59.4 cm³/mol. The summed E-state index contributed by atoms with van der Waals surface area (Å²) < 4.78 is 10.6. The van der Waals surface area contributed by atoms with Crippen LogP contribution in [0.5, 0.6) is 5.75 Å². The van der Waals surface area contributed by atoms with E-state index in [9.17, 15) is 9.90 Å². The Bertz CT molecular complexity index is 472. The Balaban J connectivity index is 2.54. The molecule has 1 aromatic heterocycles. The van der Waals surface area contributed by atoms with Crippen LogP contribution < -0.4 is 10.4 Å². The highest BCUT2D eigenvalue weighted by Gasteiger charge is 2.28. The Labute approximate surface area is 93.2 Å². The average molecular weight is 222 g/mol. The number of fused-ring (bicyclic) bond motifs is 1. The minimum Gasteiger partial charge on any atom is -0.490 e. The van der Waals surface area contributed by atoms with Crippen molar-refractivity contribution in [1.82, 2.24) is 0 Å². The molecule has 0 unspecified atom stereocenters. The number of ether oxygens (including phenoxy) is 1.